The fourth-order valence-corrected chi connectivity index (χ4v) is 1.96. The maximum absolute atomic E-state index is 11.9. The zero-order chi connectivity index (χ0) is 15.9. The molecule has 2 atom stereocenters. The van der Waals surface area contributed by atoms with Gasteiger partial charge in [0.25, 0.3) is 0 Å². The van der Waals surface area contributed by atoms with Crippen molar-refractivity contribution < 1.29 is 19.4 Å². The van der Waals surface area contributed by atoms with Gasteiger partial charge in [0.05, 0.1) is 7.11 Å². The molecule has 0 fully saturated rings. The zero-order valence-corrected chi connectivity index (χ0v) is 13.5. The summed E-state index contributed by atoms with van der Waals surface area (Å²) >= 11 is 0. The summed E-state index contributed by atoms with van der Waals surface area (Å²) < 4.78 is 10.2. The Balaban J connectivity index is 0.00000264. The number of esters is 1. The lowest BCUT2D eigenvalue weighted by molar-refractivity contribution is -0.149. The summed E-state index contributed by atoms with van der Waals surface area (Å²) in [6.45, 7) is 0.128. The lowest BCUT2D eigenvalue weighted by Gasteiger charge is -2.18. The quantitative estimate of drug-likeness (QED) is 0.790. The highest BCUT2D eigenvalue weighted by molar-refractivity contribution is 5.85. The van der Waals surface area contributed by atoms with Crippen LogP contribution >= 0.6 is 12.4 Å². The molecule has 124 valence electrons. The van der Waals surface area contributed by atoms with Crippen molar-refractivity contribution in [2.75, 3.05) is 7.11 Å². The number of nitrogens with two attached hydrogens (primary N) is 1. The lowest BCUT2D eigenvalue weighted by atomic mass is 10.0. The van der Waals surface area contributed by atoms with E-state index in [-0.39, 0.29) is 19.0 Å². The summed E-state index contributed by atoms with van der Waals surface area (Å²) in [6.07, 6.45) is -1.13. The van der Waals surface area contributed by atoms with Gasteiger partial charge in [-0.05, 0) is 23.3 Å². The Hall–Kier alpha value is -2.08. The Morgan fingerprint density at radius 3 is 2.30 bits per heavy atom. The van der Waals surface area contributed by atoms with Crippen molar-refractivity contribution in [3.63, 3.8) is 0 Å². The van der Waals surface area contributed by atoms with Gasteiger partial charge in [-0.25, -0.2) is 0 Å². The van der Waals surface area contributed by atoms with Crippen LogP contribution in [-0.2, 0) is 16.1 Å². The molecule has 0 aliphatic rings. The predicted molar refractivity (Wildman–Crippen MR) is 89.4 cm³/mol. The Morgan fingerprint density at radius 2 is 1.74 bits per heavy atom. The van der Waals surface area contributed by atoms with Crippen molar-refractivity contribution in [2.24, 2.45) is 5.73 Å². The molecule has 5 nitrogen and oxygen atoms in total. The van der Waals surface area contributed by atoms with E-state index in [0.717, 1.165) is 5.56 Å². The first kappa shape index (κ1) is 19.0. The minimum Gasteiger partial charge on any atom is -0.497 e. The van der Waals surface area contributed by atoms with Crippen LogP contribution < -0.4 is 10.5 Å². The van der Waals surface area contributed by atoms with E-state index >= 15 is 0 Å². The maximum atomic E-state index is 11.9. The van der Waals surface area contributed by atoms with Crippen molar-refractivity contribution >= 4 is 18.4 Å². The molecule has 2 unspecified atom stereocenters. The smallest absolute Gasteiger partial charge is 0.326 e. The first-order valence-corrected chi connectivity index (χ1v) is 6.90. The highest BCUT2D eigenvalue weighted by Crippen LogP contribution is 2.20. The van der Waals surface area contributed by atoms with Crippen molar-refractivity contribution in [1.82, 2.24) is 0 Å². The van der Waals surface area contributed by atoms with Gasteiger partial charge in [-0.2, -0.15) is 0 Å². The molecule has 2 aromatic carbocycles. The number of rotatable bonds is 6. The molecule has 0 saturated heterocycles. The lowest BCUT2D eigenvalue weighted by Crippen LogP contribution is -2.38. The molecule has 0 aliphatic heterocycles. The molecular weight excluding hydrogens is 318 g/mol. The third-order valence-electron chi connectivity index (χ3n) is 3.29. The van der Waals surface area contributed by atoms with Gasteiger partial charge in [0, 0.05) is 0 Å². The largest absolute Gasteiger partial charge is 0.497 e. The van der Waals surface area contributed by atoms with Crippen LogP contribution in [0.4, 0.5) is 0 Å². The van der Waals surface area contributed by atoms with E-state index in [2.05, 4.69) is 0 Å². The molecule has 0 radical (unpaired) electrons. The molecule has 0 aliphatic carbocycles. The molecule has 3 N–H and O–H groups in total. The average molecular weight is 338 g/mol. The summed E-state index contributed by atoms with van der Waals surface area (Å²) in [5.41, 5.74) is 7.17. The molecule has 0 saturated carbocycles. The van der Waals surface area contributed by atoms with Crippen molar-refractivity contribution in [3.8, 4) is 5.75 Å². The number of hydrogen-bond acceptors (Lipinski definition) is 5. The van der Waals surface area contributed by atoms with Crippen LogP contribution in [0.3, 0.4) is 0 Å². The van der Waals surface area contributed by atoms with Crippen LogP contribution in [0.2, 0.25) is 0 Å². The van der Waals surface area contributed by atoms with Gasteiger partial charge in [0.1, 0.15) is 24.5 Å². The molecule has 2 aromatic rings. The van der Waals surface area contributed by atoms with Crippen LogP contribution in [0.1, 0.15) is 17.2 Å². The number of ether oxygens (including phenoxy) is 2. The van der Waals surface area contributed by atoms with Gasteiger partial charge in [-0.15, -0.1) is 12.4 Å². The normalized spacial score (nSPS) is 12.7. The molecule has 0 heterocycles. The molecular formula is C17H20ClNO4. The van der Waals surface area contributed by atoms with Crippen molar-refractivity contribution in [2.45, 2.75) is 18.8 Å². The molecule has 2 rings (SSSR count). The van der Waals surface area contributed by atoms with Gasteiger partial charge in [0.15, 0.2) is 0 Å². The van der Waals surface area contributed by atoms with Gasteiger partial charge in [0.2, 0.25) is 0 Å². The Bertz CT molecular complexity index is 604. The molecule has 0 amide bonds. The number of aliphatic hydroxyl groups excluding tert-OH is 1. The average Bonchev–Trinajstić information content (AvgIpc) is 2.59. The molecule has 0 aromatic heterocycles. The molecule has 0 spiro atoms. The third kappa shape index (κ3) is 5.25. The summed E-state index contributed by atoms with van der Waals surface area (Å²) in [5, 5.41) is 10.2. The van der Waals surface area contributed by atoms with E-state index in [1.54, 1.807) is 31.4 Å². The first-order valence-electron chi connectivity index (χ1n) is 6.90. The highest BCUT2D eigenvalue weighted by Gasteiger charge is 2.25. The van der Waals surface area contributed by atoms with Crippen molar-refractivity contribution in [1.29, 1.82) is 0 Å². The van der Waals surface area contributed by atoms with Crippen LogP contribution in [-0.4, -0.2) is 24.2 Å². The van der Waals surface area contributed by atoms with E-state index in [1.807, 2.05) is 30.3 Å². The maximum Gasteiger partial charge on any atom is 0.326 e. The Kier molecular flexibility index (Phi) is 7.54. The summed E-state index contributed by atoms with van der Waals surface area (Å²) in [7, 11) is 1.55. The number of aliphatic hydroxyl groups is 1. The first-order chi connectivity index (χ1) is 10.6. The summed E-state index contributed by atoms with van der Waals surface area (Å²) in [4.78, 5) is 11.9. The Labute approximate surface area is 141 Å². The third-order valence-corrected chi connectivity index (χ3v) is 3.29. The van der Waals surface area contributed by atoms with Crippen LogP contribution in [0, 0.1) is 0 Å². The van der Waals surface area contributed by atoms with E-state index < -0.39 is 18.1 Å². The number of benzene rings is 2. The monoisotopic (exact) mass is 337 g/mol. The standard InChI is InChI=1S/C17H19NO4.ClH/c1-21-14-9-7-13(8-10-14)16(19)15(18)17(20)22-11-12-5-3-2-4-6-12;/h2-10,15-16,19H,11,18H2,1H3;1H. The van der Waals surface area contributed by atoms with Gasteiger partial charge < -0.3 is 20.3 Å². The van der Waals surface area contributed by atoms with Gasteiger partial charge in [-0.1, -0.05) is 42.5 Å². The molecule has 0 bridgehead atoms. The Morgan fingerprint density at radius 1 is 1.13 bits per heavy atom. The number of carbonyl (C=O) groups is 1. The SMILES string of the molecule is COc1ccc(C(O)C(N)C(=O)OCc2ccccc2)cc1.Cl. The number of hydrogen-bond donors (Lipinski definition) is 2. The second-order valence-electron chi connectivity index (χ2n) is 4.84. The second kappa shape index (κ2) is 9.15. The van der Waals surface area contributed by atoms with E-state index in [0.29, 0.717) is 11.3 Å². The van der Waals surface area contributed by atoms with Crippen molar-refractivity contribution in [3.05, 3.63) is 65.7 Å². The predicted octanol–water partition coefficient (Wildman–Crippen LogP) is 2.22. The summed E-state index contributed by atoms with van der Waals surface area (Å²) in [6, 6.07) is 14.9. The van der Waals surface area contributed by atoms with Crippen LogP contribution in [0.25, 0.3) is 0 Å². The number of methoxy groups -OCH3 is 1. The fraction of sp³-hybridized carbons (Fsp3) is 0.235. The van der Waals surface area contributed by atoms with E-state index in [4.69, 9.17) is 15.2 Å². The fourth-order valence-electron chi connectivity index (χ4n) is 1.96. The minimum atomic E-state index is -1.14. The van der Waals surface area contributed by atoms with Gasteiger partial charge >= 0.3 is 5.97 Å². The highest BCUT2D eigenvalue weighted by atomic mass is 35.5. The van der Waals surface area contributed by atoms with E-state index in [1.165, 1.54) is 0 Å². The van der Waals surface area contributed by atoms with E-state index in [9.17, 15) is 9.90 Å². The zero-order valence-electron chi connectivity index (χ0n) is 12.7. The molecule has 6 heteroatoms. The van der Waals surface area contributed by atoms with Gasteiger partial charge in [-0.3, -0.25) is 4.79 Å². The topological polar surface area (TPSA) is 81.8 Å². The van der Waals surface area contributed by atoms with Crippen LogP contribution in [0.5, 0.6) is 5.75 Å². The van der Waals surface area contributed by atoms with Crippen LogP contribution in [0.15, 0.2) is 54.6 Å². The summed E-state index contributed by atoms with van der Waals surface area (Å²) in [5.74, 6) is 0.0170. The minimum absolute atomic E-state index is 0. The molecule has 23 heavy (non-hydrogen) atoms. The second-order valence-corrected chi connectivity index (χ2v) is 4.84. The number of carbonyl (C=O) groups excluding carboxylic acids is 1. The number of halogens is 1.